The van der Waals surface area contributed by atoms with Crippen LogP contribution in [0.25, 0.3) is 22.2 Å². The minimum Gasteiger partial charge on any atom is -0.493 e. The number of nitrogens with one attached hydrogen (secondary N) is 1. The number of benzene rings is 2. The van der Waals surface area contributed by atoms with Crippen molar-refractivity contribution < 1.29 is 23.2 Å². The number of hydrogen-bond acceptors (Lipinski definition) is 6. The van der Waals surface area contributed by atoms with Crippen LogP contribution in [-0.2, 0) is 0 Å². The third-order valence-electron chi connectivity index (χ3n) is 4.73. The van der Waals surface area contributed by atoms with Gasteiger partial charge in [-0.25, -0.2) is 0 Å². The maximum Gasteiger partial charge on any atom is 0.294 e. The summed E-state index contributed by atoms with van der Waals surface area (Å²) in [6.07, 6.45) is 0. The van der Waals surface area contributed by atoms with Crippen LogP contribution in [0.15, 0.2) is 51.4 Å². The molecule has 2 aromatic carbocycles. The summed E-state index contributed by atoms with van der Waals surface area (Å²) < 4.78 is 21.6. The Morgan fingerprint density at radius 1 is 1.00 bits per heavy atom. The number of furan rings is 1. The summed E-state index contributed by atoms with van der Waals surface area (Å²) in [6.45, 7) is 3.83. The molecule has 148 valence electrons. The van der Waals surface area contributed by atoms with E-state index in [0.717, 1.165) is 22.1 Å². The van der Waals surface area contributed by atoms with Crippen molar-refractivity contribution in [3.05, 3.63) is 59.4 Å². The summed E-state index contributed by atoms with van der Waals surface area (Å²) in [4.78, 5) is 12.7. The molecule has 2 heterocycles. The van der Waals surface area contributed by atoms with Crippen LogP contribution in [0.1, 0.15) is 21.7 Å². The van der Waals surface area contributed by atoms with E-state index in [-0.39, 0.29) is 11.6 Å². The number of anilines is 1. The predicted octanol–water partition coefficient (Wildman–Crippen LogP) is 4.97. The molecule has 0 unspecified atom stereocenters. The van der Waals surface area contributed by atoms with Gasteiger partial charge >= 0.3 is 0 Å². The molecule has 0 fully saturated rings. The zero-order valence-corrected chi connectivity index (χ0v) is 16.5. The predicted molar refractivity (Wildman–Crippen MR) is 109 cm³/mol. The van der Waals surface area contributed by atoms with Crippen molar-refractivity contribution in [2.45, 2.75) is 13.8 Å². The van der Waals surface area contributed by atoms with E-state index in [1.165, 1.54) is 0 Å². The number of methoxy groups -OCH3 is 2. The average Bonchev–Trinajstić information content (AvgIpc) is 3.31. The average molecular weight is 392 g/mol. The van der Waals surface area contributed by atoms with Crippen molar-refractivity contribution in [2.24, 2.45) is 0 Å². The second-order valence-corrected chi connectivity index (χ2v) is 6.66. The molecule has 4 rings (SSSR count). The molecule has 0 atom stereocenters. The van der Waals surface area contributed by atoms with E-state index in [1.54, 1.807) is 32.4 Å². The molecule has 0 spiro atoms. The molecule has 4 aromatic rings. The Balaban J connectivity index is 1.58. The van der Waals surface area contributed by atoms with Crippen molar-refractivity contribution in [3.63, 3.8) is 0 Å². The lowest BCUT2D eigenvalue weighted by molar-refractivity contribution is 0.0994. The van der Waals surface area contributed by atoms with Crippen LogP contribution in [0.5, 0.6) is 11.5 Å². The fourth-order valence-corrected chi connectivity index (χ4v) is 3.18. The number of fused-ring (bicyclic) bond motifs is 1. The lowest BCUT2D eigenvalue weighted by atomic mass is 10.1. The molecule has 0 bridgehead atoms. The summed E-state index contributed by atoms with van der Waals surface area (Å²) in [5, 5.41) is 7.63. The zero-order chi connectivity index (χ0) is 20.5. The maximum absolute atomic E-state index is 12.7. The van der Waals surface area contributed by atoms with E-state index < -0.39 is 5.91 Å². The first-order valence-electron chi connectivity index (χ1n) is 9.00. The van der Waals surface area contributed by atoms with Gasteiger partial charge in [0.2, 0.25) is 5.88 Å². The van der Waals surface area contributed by atoms with Crippen LogP contribution in [0, 0.1) is 13.8 Å². The number of nitrogens with zero attached hydrogens (tertiary/aromatic N) is 1. The first-order chi connectivity index (χ1) is 14.0. The lowest BCUT2D eigenvalue weighted by Gasteiger charge is -2.07. The molecular weight excluding hydrogens is 372 g/mol. The van der Waals surface area contributed by atoms with E-state index >= 15 is 0 Å². The number of ether oxygens (including phenoxy) is 2. The summed E-state index contributed by atoms with van der Waals surface area (Å²) in [6, 6.07) is 12.9. The van der Waals surface area contributed by atoms with Crippen LogP contribution in [0.4, 0.5) is 5.88 Å². The summed E-state index contributed by atoms with van der Waals surface area (Å²) >= 11 is 0. The van der Waals surface area contributed by atoms with Crippen LogP contribution in [-0.4, -0.2) is 25.3 Å². The number of aromatic nitrogens is 1. The molecule has 7 nitrogen and oxygen atoms in total. The quantitative estimate of drug-likeness (QED) is 0.516. The number of aryl methyl sites for hydroxylation is 2. The molecule has 1 N–H and O–H groups in total. The van der Waals surface area contributed by atoms with Crippen LogP contribution in [0.3, 0.4) is 0 Å². The molecule has 1 amide bonds. The van der Waals surface area contributed by atoms with E-state index in [0.29, 0.717) is 22.8 Å². The lowest BCUT2D eigenvalue weighted by Crippen LogP contribution is -2.11. The largest absolute Gasteiger partial charge is 0.493 e. The summed E-state index contributed by atoms with van der Waals surface area (Å²) in [7, 11) is 3.13. The van der Waals surface area contributed by atoms with Crippen molar-refractivity contribution >= 4 is 22.8 Å². The molecule has 0 saturated carbocycles. The molecule has 29 heavy (non-hydrogen) atoms. The molecule has 0 aliphatic heterocycles. The number of carbonyl (C=O) groups excluding carboxylic acids is 1. The SMILES string of the molecule is COc1ccc(-c2cc(NC(=O)c3oc4cc(C)ccc4c3C)on2)cc1OC. The molecule has 0 aliphatic rings. The Kier molecular flexibility index (Phi) is 4.72. The number of hydrogen-bond donors (Lipinski definition) is 1. The van der Waals surface area contributed by atoms with Gasteiger partial charge in [-0.15, -0.1) is 0 Å². The smallest absolute Gasteiger partial charge is 0.294 e. The molecule has 7 heteroatoms. The van der Waals surface area contributed by atoms with Gasteiger partial charge < -0.3 is 18.4 Å². The summed E-state index contributed by atoms with van der Waals surface area (Å²) in [5.41, 5.74) is 3.84. The third kappa shape index (κ3) is 3.42. The molecular formula is C22H20N2O5. The second kappa shape index (κ2) is 7.35. The monoisotopic (exact) mass is 392 g/mol. The zero-order valence-electron chi connectivity index (χ0n) is 16.5. The summed E-state index contributed by atoms with van der Waals surface area (Å²) in [5.74, 6) is 1.26. The number of amides is 1. The topological polar surface area (TPSA) is 86.7 Å². The van der Waals surface area contributed by atoms with Gasteiger partial charge in [0.1, 0.15) is 11.3 Å². The standard InChI is InChI=1S/C22H20N2O5/c1-12-5-7-15-13(2)21(28-18(15)9-12)22(25)23-20-11-16(24-29-20)14-6-8-17(26-3)19(10-14)27-4/h5-11H,1-4H3,(H,23,25). The number of rotatable bonds is 5. The highest BCUT2D eigenvalue weighted by molar-refractivity contribution is 6.06. The fourth-order valence-electron chi connectivity index (χ4n) is 3.18. The molecule has 0 saturated heterocycles. The van der Waals surface area contributed by atoms with Crippen molar-refractivity contribution in [2.75, 3.05) is 19.5 Å². The minimum absolute atomic E-state index is 0.218. The van der Waals surface area contributed by atoms with Gasteiger partial charge in [0.05, 0.1) is 14.2 Å². The van der Waals surface area contributed by atoms with Crippen LogP contribution >= 0.6 is 0 Å². The highest BCUT2D eigenvalue weighted by Crippen LogP contribution is 2.33. The third-order valence-corrected chi connectivity index (χ3v) is 4.73. The first-order valence-corrected chi connectivity index (χ1v) is 9.00. The van der Waals surface area contributed by atoms with E-state index in [4.69, 9.17) is 18.4 Å². The Hall–Kier alpha value is -3.74. The van der Waals surface area contributed by atoms with Gasteiger partial charge in [0.15, 0.2) is 17.3 Å². The Labute approximate surface area is 167 Å². The van der Waals surface area contributed by atoms with Crippen LogP contribution < -0.4 is 14.8 Å². The molecule has 2 aromatic heterocycles. The normalized spacial score (nSPS) is 10.9. The van der Waals surface area contributed by atoms with Gasteiger partial charge in [0, 0.05) is 22.6 Å². The number of carbonyl (C=O) groups is 1. The van der Waals surface area contributed by atoms with Gasteiger partial charge in [0.25, 0.3) is 5.91 Å². The van der Waals surface area contributed by atoms with E-state index in [1.807, 2.05) is 38.1 Å². The Morgan fingerprint density at radius 3 is 2.55 bits per heavy atom. The Morgan fingerprint density at radius 2 is 1.79 bits per heavy atom. The fraction of sp³-hybridized carbons (Fsp3) is 0.182. The van der Waals surface area contributed by atoms with E-state index in [9.17, 15) is 4.79 Å². The van der Waals surface area contributed by atoms with Crippen molar-refractivity contribution in [3.8, 4) is 22.8 Å². The van der Waals surface area contributed by atoms with Crippen molar-refractivity contribution in [1.29, 1.82) is 0 Å². The molecule has 0 radical (unpaired) electrons. The highest BCUT2D eigenvalue weighted by Gasteiger charge is 2.20. The van der Waals surface area contributed by atoms with Gasteiger partial charge in [-0.3, -0.25) is 10.1 Å². The van der Waals surface area contributed by atoms with E-state index in [2.05, 4.69) is 10.5 Å². The van der Waals surface area contributed by atoms with Gasteiger partial charge in [-0.1, -0.05) is 17.3 Å². The van der Waals surface area contributed by atoms with Gasteiger partial charge in [-0.2, -0.15) is 0 Å². The maximum atomic E-state index is 12.7. The first kappa shape index (κ1) is 18.6. The highest BCUT2D eigenvalue weighted by atomic mass is 16.5. The molecule has 0 aliphatic carbocycles. The Bertz CT molecular complexity index is 1210. The van der Waals surface area contributed by atoms with Gasteiger partial charge in [-0.05, 0) is 43.7 Å². The minimum atomic E-state index is -0.397. The second-order valence-electron chi connectivity index (χ2n) is 6.66. The van der Waals surface area contributed by atoms with Crippen molar-refractivity contribution in [1.82, 2.24) is 5.16 Å². The van der Waals surface area contributed by atoms with Crippen LogP contribution in [0.2, 0.25) is 0 Å².